The Hall–Kier alpha value is -3.06. The van der Waals surface area contributed by atoms with Crippen molar-refractivity contribution >= 4 is 20.2 Å². The van der Waals surface area contributed by atoms with Crippen LogP contribution in [0.1, 0.15) is 11.1 Å². The summed E-state index contributed by atoms with van der Waals surface area (Å²) in [7, 11) is -9.60. The third-order valence-electron chi connectivity index (χ3n) is 17.8. The van der Waals surface area contributed by atoms with E-state index in [9.17, 15) is 114 Å². The van der Waals surface area contributed by atoms with Crippen LogP contribution in [0.25, 0.3) is 0 Å². The van der Waals surface area contributed by atoms with E-state index < -0.39 is 291 Å². The van der Waals surface area contributed by atoms with Gasteiger partial charge >= 0.3 is 0 Å². The number of ether oxygens (including phenoxy) is 14. The Balaban J connectivity index is 0.992. The third-order valence-corrected chi connectivity index (χ3v) is 20.4. The van der Waals surface area contributed by atoms with Gasteiger partial charge in [0.25, 0.3) is 20.2 Å². The summed E-state index contributed by atoms with van der Waals surface area (Å²) in [6.45, 7) is -4.72. The molecule has 0 aromatic heterocycles. The van der Waals surface area contributed by atoms with Crippen molar-refractivity contribution in [2.24, 2.45) is 0 Å². The van der Waals surface area contributed by atoms with Crippen molar-refractivity contribution in [3.05, 3.63) is 59.7 Å². The third kappa shape index (κ3) is 16.0. The van der Waals surface area contributed by atoms with E-state index in [2.05, 4.69) is 0 Å². The topological polar surface area (TPSA) is 600 Å². The van der Waals surface area contributed by atoms with Crippen molar-refractivity contribution in [3.63, 3.8) is 0 Å². The Bertz CT molecular complexity index is 2980. The molecular weight excluding hydrogens is 1360 g/mol. The maximum atomic E-state index is 13.7. The minimum atomic E-state index is -4.80. The number of aliphatic hydroxyl groups is 19. The summed E-state index contributed by atoms with van der Waals surface area (Å²) in [6.07, 6.45) is -75.7. The van der Waals surface area contributed by atoms with Gasteiger partial charge in [-0.2, -0.15) is 16.8 Å². The van der Waals surface area contributed by atoms with Gasteiger partial charge in [0.1, 0.15) is 171 Å². The summed E-state index contributed by atoms with van der Waals surface area (Å²) in [5, 5.41) is 216. The monoisotopic (exact) mass is 1440 g/mol. The Kier molecular flexibility index (Phi) is 25.2. The van der Waals surface area contributed by atoms with Crippen LogP contribution in [0.2, 0.25) is 0 Å². The molecule has 552 valence electrons. The molecule has 0 aliphatic carbocycles. The summed E-state index contributed by atoms with van der Waals surface area (Å²) in [6, 6.07) is 10.4. The van der Waals surface area contributed by atoms with Gasteiger partial charge in [0.2, 0.25) is 0 Å². The first-order valence-corrected chi connectivity index (χ1v) is 33.4. The molecular formula is C56H82O39S2. The maximum absolute atomic E-state index is 13.7. The number of aryl methyl sites for hydroxylation is 2. The predicted octanol–water partition coefficient (Wildman–Crippen LogP) is -11.8. The highest BCUT2D eigenvalue weighted by Gasteiger charge is 2.60. The van der Waals surface area contributed by atoms with E-state index >= 15 is 0 Å². The second kappa shape index (κ2) is 31.9. The summed E-state index contributed by atoms with van der Waals surface area (Å²) >= 11 is 0. The fraction of sp³-hybridized carbons (Fsp3) is 0.786. The van der Waals surface area contributed by atoms with Crippen LogP contribution in [0.4, 0.5) is 0 Å². The predicted molar refractivity (Wildman–Crippen MR) is 303 cm³/mol. The van der Waals surface area contributed by atoms with Gasteiger partial charge in [-0.05, 0) is 38.1 Å². The highest BCUT2D eigenvalue weighted by molar-refractivity contribution is 7.87. The molecule has 35 atom stereocenters. The van der Waals surface area contributed by atoms with Crippen molar-refractivity contribution in [3.8, 4) is 0 Å². The summed E-state index contributed by atoms with van der Waals surface area (Å²) < 4.78 is 147. The van der Waals surface area contributed by atoms with Gasteiger partial charge in [-0.15, -0.1) is 0 Å². The van der Waals surface area contributed by atoms with E-state index in [0.29, 0.717) is 11.1 Å². The molecule has 41 heteroatoms. The zero-order valence-corrected chi connectivity index (χ0v) is 52.9. The zero-order chi connectivity index (χ0) is 70.4. The van der Waals surface area contributed by atoms with Gasteiger partial charge in [-0.25, -0.2) is 0 Å². The van der Waals surface area contributed by atoms with Gasteiger partial charge in [0.15, 0.2) is 44.0 Å². The molecule has 21 saturated heterocycles. The van der Waals surface area contributed by atoms with Crippen molar-refractivity contribution in [1.82, 2.24) is 0 Å². The van der Waals surface area contributed by atoms with Gasteiger partial charge in [-0.3, -0.25) is 8.37 Å². The molecule has 2 aromatic carbocycles. The average molecular weight is 1440 g/mol. The van der Waals surface area contributed by atoms with Crippen LogP contribution < -0.4 is 0 Å². The summed E-state index contributed by atoms with van der Waals surface area (Å²) in [5.74, 6) is 0. The smallest absolute Gasteiger partial charge is 0.297 e. The van der Waals surface area contributed by atoms with Crippen LogP contribution in [0.5, 0.6) is 0 Å². The molecule has 23 rings (SSSR count). The first kappa shape index (κ1) is 76.6. The quantitative estimate of drug-likeness (QED) is 0.0828. The number of aliphatic hydroxyl groups excluding tert-OH is 19. The van der Waals surface area contributed by atoms with Crippen LogP contribution in [-0.4, -0.2) is 375 Å². The zero-order valence-electron chi connectivity index (χ0n) is 51.3. The fourth-order valence-electron chi connectivity index (χ4n) is 12.2. The molecule has 0 unspecified atom stereocenters. The van der Waals surface area contributed by atoms with Crippen LogP contribution >= 0.6 is 0 Å². The van der Waals surface area contributed by atoms with Crippen molar-refractivity contribution in [1.29, 1.82) is 0 Å². The molecule has 2 aromatic rings. The summed E-state index contributed by atoms with van der Waals surface area (Å²) in [5.41, 5.74) is 1.26. The number of benzene rings is 2. The highest BCUT2D eigenvalue weighted by atomic mass is 32.2. The van der Waals surface area contributed by atoms with Gasteiger partial charge in [-0.1, -0.05) is 35.4 Å². The van der Waals surface area contributed by atoms with Crippen LogP contribution in [0.15, 0.2) is 58.3 Å². The van der Waals surface area contributed by atoms with E-state index in [-0.39, 0.29) is 0 Å². The second-order valence-electron chi connectivity index (χ2n) is 24.4. The van der Waals surface area contributed by atoms with Gasteiger partial charge in [0.05, 0.1) is 56.0 Å². The minimum Gasteiger partial charge on any atom is -0.394 e. The molecule has 0 amide bonds. The van der Waals surface area contributed by atoms with Crippen LogP contribution in [0, 0.1) is 13.8 Å². The van der Waals surface area contributed by atoms with Crippen LogP contribution in [0.3, 0.4) is 0 Å². The Morgan fingerprint density at radius 1 is 0.268 bits per heavy atom. The molecule has 97 heavy (non-hydrogen) atoms. The fourth-order valence-corrected chi connectivity index (χ4v) is 14.1. The number of hydrogen-bond acceptors (Lipinski definition) is 39. The largest absolute Gasteiger partial charge is 0.394 e. The first-order chi connectivity index (χ1) is 45.9. The van der Waals surface area contributed by atoms with E-state index in [1.54, 1.807) is 13.8 Å². The standard InChI is InChI=1S/C56H82O39S2/c1-18-3-7-20(8-4-18)96(76,77)80-16-27-48-35(68)42(75)56(88-27)95-49-28(17-81-97(78,79)21-9-5-19(2)6-10-21)87-55(41(74)34(49)67)93-47-26(15-61)85-53(39(72)32(47)65)91-45-24(13-59)83-51(37(70)30(45)63)89-43-22(11-57)82-50(36(69)29(43)62)90-44-23(12-58)84-52(38(71)31(44)64)92-46-25(14-60)86-54(94-48)40(73)33(46)66/h3-10,22-75H,11-17H2,1-2H3/t22-,23-,24-,25-,26-,27-,28-,29-,30-,31-,32-,33-,34-,35-,36-,37-,38-,39-,40-,41-,42-,43-,44-,45-,46-,47-,48-,49-,50-,51-,52-,53-,54-,55-,56-/m1/s1. The number of rotatable bonds is 13. The normalized spacial score (nSPS) is 46.7. The average Bonchev–Trinajstić information content (AvgIpc) is 0.783. The minimum absolute atomic E-state index is 0.415. The van der Waals surface area contributed by atoms with Gasteiger partial charge in [0, 0.05) is 0 Å². The lowest BCUT2D eigenvalue weighted by Crippen LogP contribution is -2.68. The van der Waals surface area contributed by atoms with E-state index in [1.807, 2.05) is 0 Å². The molecule has 21 aliphatic heterocycles. The Labute approximate surface area is 551 Å². The highest BCUT2D eigenvalue weighted by Crippen LogP contribution is 2.40. The van der Waals surface area contributed by atoms with Gasteiger partial charge < -0.3 is 163 Å². The Morgan fingerprint density at radius 3 is 0.608 bits per heavy atom. The Morgan fingerprint density at radius 2 is 0.433 bits per heavy atom. The lowest BCUT2D eigenvalue weighted by Gasteiger charge is -2.50. The van der Waals surface area contributed by atoms with Crippen molar-refractivity contribution in [2.75, 3.05) is 46.2 Å². The molecule has 21 fully saturated rings. The molecule has 19 N–H and O–H groups in total. The number of hydrogen-bond donors (Lipinski definition) is 19. The second-order valence-corrected chi connectivity index (χ2v) is 27.6. The van der Waals surface area contributed by atoms with E-state index in [1.165, 1.54) is 48.5 Å². The molecule has 0 radical (unpaired) electrons. The van der Waals surface area contributed by atoms with Crippen LogP contribution in [-0.2, 0) is 94.9 Å². The van der Waals surface area contributed by atoms with Crippen molar-refractivity contribution in [2.45, 2.75) is 239 Å². The SMILES string of the molecule is Cc1ccc(S(=O)(=O)OC[C@H]2O[C@@H]3O[C@H]4[C@H](O)[C@@H](O)[C@@H](O[C@H]5[C@H](O)[C@@H](O)[C@@H](O[C@H]6[C@H](O)[C@@H](O)[C@@H](O[C@H]7[C@H](O)[C@@H](O)[C@@H](O[C@H]8[C@H](O)[C@@H](O)[C@@H](O[C@H]9[C@H](O)[C@@H](O)[C@@H](O[C@H]2[C@H](O)[C@H]3O)O[C@@H]9CO)O[C@@H]8CO)O[C@@H]7CO)O[C@@H]6CO)O[C@@H]5CO)O[C@@H]4COS(=O)(=O)c2ccc(C)cc2)cc1. The molecule has 21 heterocycles. The maximum Gasteiger partial charge on any atom is 0.297 e. The lowest BCUT2D eigenvalue weighted by molar-refractivity contribution is -0.396. The van der Waals surface area contributed by atoms with Crippen molar-refractivity contribution < 1.29 is 189 Å². The molecule has 0 saturated carbocycles. The van der Waals surface area contributed by atoms with E-state index in [0.717, 1.165) is 0 Å². The molecule has 0 spiro atoms. The molecule has 14 bridgehead atoms. The lowest BCUT2D eigenvalue weighted by atomic mass is 9.95. The molecule has 21 aliphatic rings. The first-order valence-electron chi connectivity index (χ1n) is 30.6. The molecule has 39 nitrogen and oxygen atoms in total. The van der Waals surface area contributed by atoms with E-state index in [4.69, 9.17) is 74.7 Å². The summed E-state index contributed by atoms with van der Waals surface area (Å²) in [4.78, 5) is -0.830.